The first-order chi connectivity index (χ1) is 18.0. The Morgan fingerprint density at radius 2 is 1.68 bits per heavy atom. The molecule has 2 heterocycles. The van der Waals surface area contributed by atoms with Gasteiger partial charge in [0, 0.05) is 18.0 Å². The Kier molecular flexibility index (Phi) is 8.33. The molecule has 0 aromatic carbocycles. The predicted octanol–water partition coefficient (Wildman–Crippen LogP) is 2.07. The lowest BCUT2D eigenvalue weighted by molar-refractivity contribution is -0.144. The molecule has 226 valence electrons. The maximum atomic E-state index is 14.0. The molecule has 2 aliphatic heterocycles. The largest absolute Gasteiger partial charge is 0.444 e. The second-order valence-corrected chi connectivity index (χ2v) is 15.1. The lowest BCUT2D eigenvalue weighted by atomic mass is 9.83. The number of alkyl carbamates (subject to hydrolysis) is 1. The molecule has 3 fully saturated rings. The van der Waals surface area contributed by atoms with Crippen molar-refractivity contribution in [3.05, 3.63) is 0 Å². The summed E-state index contributed by atoms with van der Waals surface area (Å²) in [5.41, 5.74) is 3.77. The van der Waals surface area contributed by atoms with E-state index in [-0.39, 0.29) is 41.0 Å². The van der Waals surface area contributed by atoms with Gasteiger partial charge < -0.3 is 31.3 Å². The summed E-state index contributed by atoms with van der Waals surface area (Å²) in [7, 11) is 0. The quantitative estimate of drug-likeness (QED) is 0.371. The molecule has 1 unspecified atom stereocenters. The van der Waals surface area contributed by atoms with E-state index < -0.39 is 53.0 Å². The average molecular weight is 564 g/mol. The van der Waals surface area contributed by atoms with Crippen molar-refractivity contribution in [3.8, 4) is 0 Å². The minimum absolute atomic E-state index is 0.0892. The van der Waals surface area contributed by atoms with Crippen LogP contribution in [0.1, 0.15) is 88.5 Å². The molecule has 0 bridgehead atoms. The summed E-state index contributed by atoms with van der Waals surface area (Å²) in [5, 5.41) is 8.46. The minimum Gasteiger partial charge on any atom is -0.444 e. The van der Waals surface area contributed by atoms with Crippen LogP contribution in [-0.2, 0) is 23.9 Å². The van der Waals surface area contributed by atoms with Crippen LogP contribution in [0.5, 0.6) is 0 Å². The van der Waals surface area contributed by atoms with Gasteiger partial charge in [0.1, 0.15) is 23.7 Å². The number of carbonyl (C=O) groups excluding carboxylic acids is 5. The van der Waals surface area contributed by atoms with Crippen molar-refractivity contribution in [1.82, 2.24) is 20.9 Å². The number of piperidine rings is 2. The summed E-state index contributed by atoms with van der Waals surface area (Å²) in [6.45, 7) is 19.1. The van der Waals surface area contributed by atoms with Crippen LogP contribution < -0.4 is 21.7 Å². The Balaban J connectivity index is 1.80. The van der Waals surface area contributed by atoms with E-state index in [9.17, 15) is 24.0 Å². The standard InChI is InChI=1S/C29H49N5O6/c1-26(2,3)20(32-25(39)40-27(4,5)6)24(38)34-14-16-18(29(16,9)10)19(34)23(37)31-17(21(30)35)13-15-11-12-28(7,8)33-22(15)36/h15-20H,11-14H2,1-10H3,(H2,30,35)(H,31,37)(H,32,39)(H,33,36)/t15?,16-,17-,18-,19-,20+/m0/s1. The highest BCUT2D eigenvalue weighted by molar-refractivity contribution is 5.95. The smallest absolute Gasteiger partial charge is 0.408 e. The summed E-state index contributed by atoms with van der Waals surface area (Å²) >= 11 is 0. The van der Waals surface area contributed by atoms with Crippen LogP contribution in [-0.4, -0.2) is 70.4 Å². The first-order valence-electron chi connectivity index (χ1n) is 14.3. The van der Waals surface area contributed by atoms with Gasteiger partial charge in [0.05, 0.1) is 0 Å². The van der Waals surface area contributed by atoms with Crippen LogP contribution in [0.2, 0.25) is 0 Å². The van der Waals surface area contributed by atoms with E-state index in [1.54, 1.807) is 20.8 Å². The molecule has 0 spiro atoms. The molecule has 11 heteroatoms. The van der Waals surface area contributed by atoms with Crippen LogP contribution in [0.3, 0.4) is 0 Å². The van der Waals surface area contributed by atoms with Crippen molar-refractivity contribution in [2.24, 2.45) is 34.3 Å². The number of amides is 5. The summed E-state index contributed by atoms with van der Waals surface area (Å²) in [6, 6.07) is -2.83. The van der Waals surface area contributed by atoms with Crippen molar-refractivity contribution in [3.63, 3.8) is 0 Å². The number of nitrogens with zero attached hydrogens (tertiary/aromatic N) is 1. The van der Waals surface area contributed by atoms with Gasteiger partial charge in [0.15, 0.2) is 0 Å². The summed E-state index contributed by atoms with van der Waals surface area (Å²) in [4.78, 5) is 67.0. The van der Waals surface area contributed by atoms with E-state index in [0.29, 0.717) is 13.0 Å². The van der Waals surface area contributed by atoms with E-state index in [1.807, 2.05) is 34.6 Å². The van der Waals surface area contributed by atoms with Crippen molar-refractivity contribution in [1.29, 1.82) is 0 Å². The van der Waals surface area contributed by atoms with E-state index in [4.69, 9.17) is 10.5 Å². The van der Waals surface area contributed by atoms with Gasteiger partial charge in [-0.3, -0.25) is 19.2 Å². The summed E-state index contributed by atoms with van der Waals surface area (Å²) < 4.78 is 5.40. The molecule has 5 N–H and O–H groups in total. The molecule has 6 atom stereocenters. The average Bonchev–Trinajstić information content (AvgIpc) is 3.10. The SMILES string of the molecule is CC1(C)CCC(C[C@H](NC(=O)[C@@H]2[C@@H]3[C@H](CN2C(=O)[C@@H](NC(=O)OC(C)(C)C)C(C)(C)C)C3(C)C)C(N)=O)C(=O)N1. The molecule has 40 heavy (non-hydrogen) atoms. The Hall–Kier alpha value is -2.85. The van der Waals surface area contributed by atoms with Crippen molar-refractivity contribution in [2.45, 2.75) is 118 Å². The fourth-order valence-electron chi connectivity index (χ4n) is 6.23. The van der Waals surface area contributed by atoms with Gasteiger partial charge in [-0.2, -0.15) is 0 Å². The number of nitrogens with one attached hydrogen (secondary N) is 3. The predicted molar refractivity (Wildman–Crippen MR) is 150 cm³/mol. The van der Waals surface area contributed by atoms with Gasteiger partial charge >= 0.3 is 6.09 Å². The zero-order chi connectivity index (χ0) is 30.6. The molecule has 5 amide bonds. The number of hydrogen-bond acceptors (Lipinski definition) is 6. The van der Waals surface area contributed by atoms with Crippen LogP contribution in [0, 0.1) is 28.6 Å². The Labute approximate surface area is 238 Å². The van der Waals surface area contributed by atoms with Gasteiger partial charge in [-0.05, 0) is 76.5 Å². The van der Waals surface area contributed by atoms with Crippen LogP contribution in [0.4, 0.5) is 4.79 Å². The Morgan fingerprint density at radius 3 is 2.17 bits per heavy atom. The van der Waals surface area contributed by atoms with Crippen molar-refractivity contribution >= 4 is 29.7 Å². The minimum atomic E-state index is -1.05. The van der Waals surface area contributed by atoms with Gasteiger partial charge in [-0.25, -0.2) is 4.79 Å². The fraction of sp³-hybridized carbons (Fsp3) is 0.828. The molecular weight excluding hydrogens is 514 g/mol. The summed E-state index contributed by atoms with van der Waals surface area (Å²) in [5.74, 6) is -2.21. The summed E-state index contributed by atoms with van der Waals surface area (Å²) in [6.07, 6.45) is 0.693. The zero-order valence-electron chi connectivity index (χ0n) is 25.8. The third-order valence-electron chi connectivity index (χ3n) is 8.66. The third-order valence-corrected chi connectivity index (χ3v) is 8.66. The monoisotopic (exact) mass is 563 g/mol. The number of hydrogen-bond donors (Lipinski definition) is 4. The van der Waals surface area contributed by atoms with Crippen LogP contribution >= 0.6 is 0 Å². The van der Waals surface area contributed by atoms with Crippen LogP contribution in [0.15, 0.2) is 0 Å². The molecule has 3 aliphatic rings. The number of nitrogens with two attached hydrogens (primary N) is 1. The van der Waals surface area contributed by atoms with Gasteiger partial charge in [0.2, 0.25) is 23.6 Å². The maximum absolute atomic E-state index is 14.0. The number of rotatable bonds is 7. The number of ether oxygens (including phenoxy) is 1. The second kappa shape index (κ2) is 10.5. The van der Waals surface area contributed by atoms with E-state index in [0.717, 1.165) is 6.42 Å². The number of primary amides is 1. The highest BCUT2D eigenvalue weighted by Gasteiger charge is 2.70. The second-order valence-electron chi connectivity index (χ2n) is 15.1. The molecule has 0 aromatic heterocycles. The van der Waals surface area contributed by atoms with Gasteiger partial charge in [0.25, 0.3) is 0 Å². The topological polar surface area (TPSA) is 160 Å². The highest BCUT2D eigenvalue weighted by Crippen LogP contribution is 2.65. The maximum Gasteiger partial charge on any atom is 0.408 e. The van der Waals surface area contributed by atoms with E-state index in [1.165, 1.54) is 4.90 Å². The molecule has 0 radical (unpaired) electrons. The molecule has 11 nitrogen and oxygen atoms in total. The van der Waals surface area contributed by atoms with Crippen LogP contribution in [0.25, 0.3) is 0 Å². The van der Waals surface area contributed by atoms with Gasteiger partial charge in [-0.1, -0.05) is 34.6 Å². The lowest BCUT2D eigenvalue weighted by Crippen LogP contribution is -2.61. The van der Waals surface area contributed by atoms with Crippen molar-refractivity contribution < 1.29 is 28.7 Å². The number of fused-ring (bicyclic) bond motifs is 1. The molecule has 2 saturated heterocycles. The first-order valence-corrected chi connectivity index (χ1v) is 14.3. The molecule has 0 aromatic rings. The lowest BCUT2D eigenvalue weighted by Gasteiger charge is -2.38. The van der Waals surface area contributed by atoms with Crippen molar-refractivity contribution in [2.75, 3.05) is 6.54 Å². The molecule has 1 saturated carbocycles. The molecule has 3 rings (SSSR count). The van der Waals surface area contributed by atoms with Gasteiger partial charge in [-0.15, -0.1) is 0 Å². The fourth-order valence-corrected chi connectivity index (χ4v) is 6.23. The normalized spacial score (nSPS) is 28.4. The highest BCUT2D eigenvalue weighted by atomic mass is 16.6. The Morgan fingerprint density at radius 1 is 1.07 bits per heavy atom. The number of likely N-dealkylation sites (tertiary alicyclic amines) is 1. The third kappa shape index (κ3) is 6.89. The van der Waals surface area contributed by atoms with E-state index in [2.05, 4.69) is 29.8 Å². The van der Waals surface area contributed by atoms with E-state index >= 15 is 0 Å². The molecular formula is C29H49N5O6. The molecule has 1 aliphatic carbocycles. The Bertz CT molecular complexity index is 1060. The zero-order valence-corrected chi connectivity index (χ0v) is 25.8. The number of carbonyl (C=O) groups is 5. The first kappa shape index (κ1) is 31.7.